The molecule has 0 unspecified atom stereocenters. The molecule has 0 saturated carbocycles. The van der Waals surface area contributed by atoms with Gasteiger partial charge in [-0.1, -0.05) is 114 Å². The lowest BCUT2D eigenvalue weighted by molar-refractivity contribution is -0.255. The highest BCUT2D eigenvalue weighted by molar-refractivity contribution is 6.77. The van der Waals surface area contributed by atoms with Crippen LogP contribution in [0.5, 0.6) is 0 Å². The molecule has 0 radical (unpaired) electrons. The predicted molar refractivity (Wildman–Crippen MR) is 145 cm³/mol. The third-order valence-electron chi connectivity index (χ3n) is 7.39. The lowest BCUT2D eigenvalue weighted by Crippen LogP contribution is -2.50. The van der Waals surface area contributed by atoms with Gasteiger partial charge < -0.3 is 13.9 Å². The van der Waals surface area contributed by atoms with Crippen LogP contribution >= 0.6 is 0 Å². The Bertz CT molecular complexity index is 857. The van der Waals surface area contributed by atoms with E-state index in [4.69, 9.17) is 13.9 Å². The van der Waals surface area contributed by atoms with Gasteiger partial charge in [-0.3, -0.25) is 0 Å². The molecule has 4 atom stereocenters. The van der Waals surface area contributed by atoms with E-state index in [1.54, 1.807) is 0 Å². The van der Waals surface area contributed by atoms with Gasteiger partial charge in [0.25, 0.3) is 0 Å². The second-order valence-electron chi connectivity index (χ2n) is 10.5. The van der Waals surface area contributed by atoms with Crippen molar-refractivity contribution in [2.24, 2.45) is 0 Å². The summed E-state index contributed by atoms with van der Waals surface area (Å²) in [5.74, 6) is 0.172. The van der Waals surface area contributed by atoms with Crippen molar-refractivity contribution in [3.63, 3.8) is 0 Å². The zero-order valence-electron chi connectivity index (χ0n) is 22.1. The molecule has 0 aromatic heterocycles. The van der Waals surface area contributed by atoms with Gasteiger partial charge in [-0.15, -0.1) is 0 Å². The Morgan fingerprint density at radius 3 is 1.94 bits per heavy atom. The molecule has 0 amide bonds. The van der Waals surface area contributed by atoms with Crippen LogP contribution < -0.4 is 0 Å². The molecule has 1 fully saturated rings. The molecular weight excluding hydrogens is 436 g/mol. The van der Waals surface area contributed by atoms with Crippen LogP contribution in [0.25, 0.3) is 0 Å². The molecule has 1 heterocycles. The number of hydrogen-bond acceptors (Lipinski definition) is 3. The van der Waals surface area contributed by atoms with Crippen LogP contribution in [0.4, 0.5) is 0 Å². The van der Waals surface area contributed by atoms with Crippen LogP contribution in [-0.4, -0.2) is 27.1 Å². The van der Waals surface area contributed by atoms with Gasteiger partial charge >= 0.3 is 0 Å². The Balaban J connectivity index is 1.89. The molecule has 0 aliphatic carbocycles. The first-order chi connectivity index (χ1) is 16.3. The van der Waals surface area contributed by atoms with Gasteiger partial charge in [0.1, 0.15) is 0 Å². The maximum absolute atomic E-state index is 6.97. The maximum Gasteiger partial charge on any atom is 0.200 e. The molecule has 2 aromatic carbocycles. The van der Waals surface area contributed by atoms with Gasteiger partial charge in [0, 0.05) is 17.9 Å². The van der Waals surface area contributed by atoms with Crippen molar-refractivity contribution >= 4 is 8.32 Å². The smallest absolute Gasteiger partial charge is 0.200 e. The van der Waals surface area contributed by atoms with E-state index in [0.717, 1.165) is 12.0 Å². The molecule has 34 heavy (non-hydrogen) atoms. The van der Waals surface area contributed by atoms with Crippen LogP contribution in [0.2, 0.25) is 16.6 Å². The highest BCUT2D eigenvalue weighted by Gasteiger charge is 2.46. The summed E-state index contributed by atoms with van der Waals surface area (Å²) in [5.41, 5.74) is 3.98. The first-order valence-corrected chi connectivity index (χ1v) is 15.1. The van der Waals surface area contributed by atoms with Crippen molar-refractivity contribution in [1.82, 2.24) is 0 Å². The molecule has 4 heteroatoms. The quantitative estimate of drug-likeness (QED) is 0.252. The van der Waals surface area contributed by atoms with Crippen LogP contribution in [0.15, 0.2) is 72.8 Å². The minimum Gasteiger partial charge on any atom is -0.413 e. The number of benzene rings is 2. The van der Waals surface area contributed by atoms with Crippen molar-refractivity contribution < 1.29 is 13.9 Å². The zero-order valence-corrected chi connectivity index (χ0v) is 23.1. The summed E-state index contributed by atoms with van der Waals surface area (Å²) < 4.78 is 20.2. The SMILES string of the molecule is C/C=C/[C@@H](c1ccccc1)[C@@H]1C[C@@H](CO[Si](C(C)C)(C(C)C)C(C)C)O[C@@H](c2ccccc2)O1. The van der Waals surface area contributed by atoms with E-state index < -0.39 is 14.6 Å². The van der Waals surface area contributed by atoms with E-state index in [0.29, 0.717) is 23.2 Å². The average Bonchev–Trinajstić information content (AvgIpc) is 2.83. The third kappa shape index (κ3) is 6.09. The van der Waals surface area contributed by atoms with Crippen LogP contribution in [-0.2, 0) is 13.9 Å². The highest BCUT2D eigenvalue weighted by atomic mass is 28.4. The van der Waals surface area contributed by atoms with Gasteiger partial charge in [-0.25, -0.2) is 0 Å². The van der Waals surface area contributed by atoms with E-state index in [9.17, 15) is 0 Å². The third-order valence-corrected chi connectivity index (χ3v) is 13.5. The van der Waals surface area contributed by atoms with E-state index in [-0.39, 0.29) is 18.1 Å². The van der Waals surface area contributed by atoms with Crippen molar-refractivity contribution in [3.05, 3.63) is 83.9 Å². The van der Waals surface area contributed by atoms with Crippen molar-refractivity contribution in [3.8, 4) is 0 Å². The van der Waals surface area contributed by atoms with E-state index in [1.807, 2.05) is 18.2 Å². The molecule has 0 spiro atoms. The Labute approximate surface area is 208 Å². The molecule has 0 bridgehead atoms. The standard InChI is InChI=1S/C30H44O3Si/c1-8-15-28(25-16-11-9-12-17-25)29-20-27(32-30(33-29)26-18-13-10-14-19-26)21-31-34(22(2)3,23(4)5)24(6)7/h8-19,22-24,27-30H,20-21H2,1-7H3/b15-8+/t27-,28-,29-,30+/m0/s1. The first kappa shape index (κ1) is 26.9. The molecule has 1 aliphatic rings. The Hall–Kier alpha value is -1.72. The number of allylic oxidation sites excluding steroid dienone is 1. The fourth-order valence-electron chi connectivity index (χ4n) is 5.91. The molecule has 186 valence electrons. The first-order valence-electron chi connectivity index (χ1n) is 13.0. The average molecular weight is 481 g/mol. The summed E-state index contributed by atoms with van der Waals surface area (Å²) >= 11 is 0. The normalized spacial score (nSPS) is 22.7. The molecule has 1 aliphatic heterocycles. The predicted octanol–water partition coefficient (Wildman–Crippen LogP) is 8.41. The van der Waals surface area contributed by atoms with E-state index >= 15 is 0 Å². The van der Waals surface area contributed by atoms with Gasteiger partial charge in [0.15, 0.2) is 14.6 Å². The summed E-state index contributed by atoms with van der Waals surface area (Å²) in [6.45, 7) is 16.7. The molecule has 3 nitrogen and oxygen atoms in total. The summed E-state index contributed by atoms with van der Waals surface area (Å²) in [6, 6.07) is 21.0. The summed E-state index contributed by atoms with van der Waals surface area (Å²) in [7, 11) is -1.98. The Morgan fingerprint density at radius 2 is 1.41 bits per heavy atom. The summed E-state index contributed by atoms with van der Waals surface area (Å²) in [6.07, 6.45) is 4.82. The largest absolute Gasteiger partial charge is 0.413 e. The topological polar surface area (TPSA) is 27.7 Å². The monoisotopic (exact) mass is 480 g/mol. The minimum absolute atomic E-state index is 0.0106. The molecule has 3 rings (SSSR count). The zero-order chi connectivity index (χ0) is 24.7. The van der Waals surface area contributed by atoms with Crippen LogP contribution in [0.3, 0.4) is 0 Å². The van der Waals surface area contributed by atoms with Gasteiger partial charge in [0.05, 0.1) is 18.8 Å². The molecular formula is C30H44O3Si. The van der Waals surface area contributed by atoms with E-state index in [1.165, 1.54) is 5.56 Å². The molecule has 0 N–H and O–H groups in total. The minimum atomic E-state index is -1.98. The second-order valence-corrected chi connectivity index (χ2v) is 16.0. The van der Waals surface area contributed by atoms with Crippen LogP contribution in [0.1, 0.15) is 78.2 Å². The fourth-order valence-corrected chi connectivity index (χ4v) is 11.4. The van der Waals surface area contributed by atoms with E-state index in [2.05, 4.69) is 103 Å². The lowest BCUT2D eigenvalue weighted by Gasteiger charge is -2.44. The maximum atomic E-state index is 6.97. The second kappa shape index (κ2) is 12.3. The Morgan fingerprint density at radius 1 is 0.853 bits per heavy atom. The number of ether oxygens (including phenoxy) is 2. The Kier molecular flexibility index (Phi) is 9.72. The number of hydrogen-bond donors (Lipinski definition) is 0. The van der Waals surface area contributed by atoms with Gasteiger partial charge in [0.2, 0.25) is 0 Å². The van der Waals surface area contributed by atoms with Gasteiger partial charge in [-0.2, -0.15) is 0 Å². The lowest BCUT2D eigenvalue weighted by atomic mass is 9.89. The van der Waals surface area contributed by atoms with Gasteiger partial charge in [-0.05, 0) is 29.1 Å². The summed E-state index contributed by atoms with van der Waals surface area (Å²) in [4.78, 5) is 0. The fraction of sp³-hybridized carbons (Fsp3) is 0.533. The molecule has 2 aromatic rings. The van der Waals surface area contributed by atoms with Crippen molar-refractivity contribution in [1.29, 1.82) is 0 Å². The van der Waals surface area contributed by atoms with Crippen molar-refractivity contribution in [2.75, 3.05) is 6.61 Å². The summed E-state index contributed by atoms with van der Waals surface area (Å²) in [5, 5.41) is 0. The number of rotatable bonds is 10. The van der Waals surface area contributed by atoms with Crippen LogP contribution in [0, 0.1) is 0 Å². The molecule has 1 saturated heterocycles. The van der Waals surface area contributed by atoms with Crippen molar-refractivity contribution in [2.45, 2.75) is 95.9 Å². The highest BCUT2D eigenvalue weighted by Crippen LogP contribution is 2.43.